The van der Waals surface area contributed by atoms with E-state index in [-0.39, 0.29) is 5.41 Å². The van der Waals surface area contributed by atoms with Crippen LogP contribution in [0.2, 0.25) is 0 Å². The van der Waals surface area contributed by atoms with E-state index in [0.717, 1.165) is 5.56 Å². The number of rotatable bonds is 2. The molecular formula is C14H18O. The SMILES string of the molecule is C=C/C=C\c1cc(C(C)(C)C)ccc1O. The second kappa shape index (κ2) is 4.35. The van der Waals surface area contributed by atoms with Gasteiger partial charge in [-0.05, 0) is 23.1 Å². The van der Waals surface area contributed by atoms with E-state index >= 15 is 0 Å². The summed E-state index contributed by atoms with van der Waals surface area (Å²) in [5.41, 5.74) is 2.15. The van der Waals surface area contributed by atoms with Crippen molar-refractivity contribution in [2.45, 2.75) is 26.2 Å². The molecule has 0 aromatic heterocycles. The first-order chi connectivity index (χ1) is 6.95. The van der Waals surface area contributed by atoms with Gasteiger partial charge in [-0.1, -0.05) is 51.6 Å². The molecule has 1 heteroatoms. The van der Waals surface area contributed by atoms with Crippen LogP contribution in [-0.2, 0) is 5.41 Å². The van der Waals surface area contributed by atoms with Crippen LogP contribution in [0.15, 0.2) is 36.9 Å². The van der Waals surface area contributed by atoms with Gasteiger partial charge in [0, 0.05) is 5.56 Å². The Morgan fingerprint density at radius 2 is 1.93 bits per heavy atom. The maximum Gasteiger partial charge on any atom is 0.122 e. The molecule has 1 nitrogen and oxygen atoms in total. The monoisotopic (exact) mass is 202 g/mol. The van der Waals surface area contributed by atoms with Crippen molar-refractivity contribution in [3.8, 4) is 5.75 Å². The van der Waals surface area contributed by atoms with Crippen molar-refractivity contribution in [3.05, 3.63) is 48.1 Å². The number of phenolic OH excluding ortho intramolecular Hbond substituents is 1. The van der Waals surface area contributed by atoms with E-state index in [0.29, 0.717) is 5.75 Å². The van der Waals surface area contributed by atoms with E-state index in [1.807, 2.05) is 24.3 Å². The van der Waals surface area contributed by atoms with Crippen molar-refractivity contribution in [3.63, 3.8) is 0 Å². The molecule has 0 radical (unpaired) electrons. The molecule has 0 atom stereocenters. The highest BCUT2D eigenvalue weighted by Gasteiger charge is 2.14. The summed E-state index contributed by atoms with van der Waals surface area (Å²) in [4.78, 5) is 0. The second-order valence-corrected chi connectivity index (χ2v) is 4.62. The number of benzene rings is 1. The molecule has 0 spiro atoms. The van der Waals surface area contributed by atoms with E-state index in [1.54, 1.807) is 12.1 Å². The van der Waals surface area contributed by atoms with Crippen molar-refractivity contribution in [1.82, 2.24) is 0 Å². The lowest BCUT2D eigenvalue weighted by Crippen LogP contribution is -2.10. The molecule has 0 saturated carbocycles. The van der Waals surface area contributed by atoms with Crippen molar-refractivity contribution in [1.29, 1.82) is 0 Å². The molecule has 1 aromatic rings. The summed E-state index contributed by atoms with van der Waals surface area (Å²) in [6, 6.07) is 5.71. The molecule has 1 N–H and O–H groups in total. The third-order valence-corrected chi connectivity index (χ3v) is 2.31. The van der Waals surface area contributed by atoms with Crippen molar-refractivity contribution >= 4 is 6.08 Å². The number of aromatic hydroxyl groups is 1. The smallest absolute Gasteiger partial charge is 0.122 e. The zero-order valence-corrected chi connectivity index (χ0v) is 9.62. The predicted octanol–water partition coefficient (Wildman–Crippen LogP) is 3.89. The minimum absolute atomic E-state index is 0.102. The quantitative estimate of drug-likeness (QED) is 0.721. The fourth-order valence-electron chi connectivity index (χ4n) is 1.33. The predicted molar refractivity (Wildman–Crippen MR) is 66.0 cm³/mol. The number of hydrogen-bond acceptors (Lipinski definition) is 1. The Morgan fingerprint density at radius 1 is 1.27 bits per heavy atom. The van der Waals surface area contributed by atoms with Crippen molar-refractivity contribution < 1.29 is 5.11 Å². The first-order valence-corrected chi connectivity index (χ1v) is 5.08. The fourth-order valence-corrected chi connectivity index (χ4v) is 1.33. The highest BCUT2D eigenvalue weighted by Crippen LogP contribution is 2.27. The van der Waals surface area contributed by atoms with Gasteiger partial charge in [-0.15, -0.1) is 0 Å². The lowest BCUT2D eigenvalue weighted by Gasteiger charge is -2.19. The first-order valence-electron chi connectivity index (χ1n) is 5.08. The van der Waals surface area contributed by atoms with Gasteiger partial charge in [-0.3, -0.25) is 0 Å². The van der Waals surface area contributed by atoms with Crippen LogP contribution in [0.1, 0.15) is 31.9 Å². The van der Waals surface area contributed by atoms with Crippen LogP contribution in [0, 0.1) is 0 Å². The van der Waals surface area contributed by atoms with Crippen LogP contribution < -0.4 is 0 Å². The lowest BCUT2D eigenvalue weighted by molar-refractivity contribution is 0.472. The van der Waals surface area contributed by atoms with E-state index in [2.05, 4.69) is 27.4 Å². The Kier molecular flexibility index (Phi) is 3.35. The van der Waals surface area contributed by atoms with Gasteiger partial charge in [0.15, 0.2) is 0 Å². The number of allylic oxidation sites excluding steroid dienone is 2. The molecule has 0 unspecified atom stereocenters. The zero-order chi connectivity index (χ0) is 11.5. The van der Waals surface area contributed by atoms with Gasteiger partial charge in [0.05, 0.1) is 0 Å². The molecule has 15 heavy (non-hydrogen) atoms. The van der Waals surface area contributed by atoms with Crippen molar-refractivity contribution in [2.24, 2.45) is 0 Å². The maximum absolute atomic E-state index is 9.64. The standard InChI is InChI=1S/C14H18O/c1-5-6-7-11-10-12(14(2,3)4)8-9-13(11)15/h5-10,15H,1H2,2-4H3/b7-6-. The second-order valence-electron chi connectivity index (χ2n) is 4.62. The van der Waals surface area contributed by atoms with Gasteiger partial charge in [0.1, 0.15) is 5.75 Å². The van der Waals surface area contributed by atoms with E-state index in [9.17, 15) is 5.11 Å². The fraction of sp³-hybridized carbons (Fsp3) is 0.286. The number of phenols is 1. The zero-order valence-electron chi connectivity index (χ0n) is 9.62. The van der Waals surface area contributed by atoms with Crippen LogP contribution in [-0.4, -0.2) is 5.11 Å². The Hall–Kier alpha value is -1.50. The number of hydrogen-bond donors (Lipinski definition) is 1. The van der Waals surface area contributed by atoms with E-state index in [1.165, 1.54) is 5.56 Å². The van der Waals surface area contributed by atoms with Gasteiger partial charge in [-0.25, -0.2) is 0 Å². The van der Waals surface area contributed by atoms with Crippen LogP contribution in [0.3, 0.4) is 0 Å². The Bertz CT molecular complexity index is 381. The summed E-state index contributed by atoms with van der Waals surface area (Å²) in [5, 5.41) is 9.64. The van der Waals surface area contributed by atoms with E-state index in [4.69, 9.17) is 0 Å². The van der Waals surface area contributed by atoms with Gasteiger partial charge in [-0.2, -0.15) is 0 Å². The van der Waals surface area contributed by atoms with Crippen molar-refractivity contribution in [2.75, 3.05) is 0 Å². The molecule has 1 aromatic carbocycles. The summed E-state index contributed by atoms with van der Waals surface area (Å²) < 4.78 is 0. The highest BCUT2D eigenvalue weighted by molar-refractivity contribution is 5.59. The molecule has 1 rings (SSSR count). The highest BCUT2D eigenvalue weighted by atomic mass is 16.3. The van der Waals surface area contributed by atoms with Crippen LogP contribution in [0.25, 0.3) is 6.08 Å². The Labute approximate surface area is 91.8 Å². The largest absolute Gasteiger partial charge is 0.507 e. The van der Waals surface area contributed by atoms with Crippen LogP contribution in [0.5, 0.6) is 5.75 Å². The topological polar surface area (TPSA) is 20.2 Å². The molecular weight excluding hydrogens is 184 g/mol. The normalized spacial score (nSPS) is 11.9. The molecule has 0 saturated heterocycles. The Balaban J connectivity index is 3.16. The van der Waals surface area contributed by atoms with Gasteiger partial charge < -0.3 is 5.11 Å². The molecule has 0 bridgehead atoms. The third-order valence-electron chi connectivity index (χ3n) is 2.31. The summed E-state index contributed by atoms with van der Waals surface area (Å²) in [6.07, 6.45) is 5.38. The molecule has 0 aliphatic rings. The summed E-state index contributed by atoms with van der Waals surface area (Å²) in [7, 11) is 0. The molecule has 80 valence electrons. The van der Waals surface area contributed by atoms with Gasteiger partial charge >= 0.3 is 0 Å². The average molecular weight is 202 g/mol. The van der Waals surface area contributed by atoms with Crippen LogP contribution >= 0.6 is 0 Å². The molecule has 0 heterocycles. The Morgan fingerprint density at radius 3 is 2.47 bits per heavy atom. The summed E-state index contributed by atoms with van der Waals surface area (Å²) >= 11 is 0. The minimum atomic E-state index is 0.102. The summed E-state index contributed by atoms with van der Waals surface area (Å²) in [5.74, 6) is 0.307. The van der Waals surface area contributed by atoms with Gasteiger partial charge in [0.2, 0.25) is 0 Å². The minimum Gasteiger partial charge on any atom is -0.507 e. The van der Waals surface area contributed by atoms with E-state index < -0.39 is 0 Å². The first kappa shape index (κ1) is 11.6. The average Bonchev–Trinajstić information content (AvgIpc) is 2.15. The van der Waals surface area contributed by atoms with Crippen LogP contribution in [0.4, 0.5) is 0 Å². The molecule has 0 aliphatic carbocycles. The summed E-state index contributed by atoms with van der Waals surface area (Å²) in [6.45, 7) is 10.1. The third kappa shape index (κ3) is 2.98. The molecule has 0 fully saturated rings. The van der Waals surface area contributed by atoms with Gasteiger partial charge in [0.25, 0.3) is 0 Å². The lowest BCUT2D eigenvalue weighted by atomic mass is 9.86. The maximum atomic E-state index is 9.64. The molecule has 0 amide bonds. The molecule has 0 aliphatic heterocycles.